The Hall–Kier alpha value is -0.870. The van der Waals surface area contributed by atoms with Gasteiger partial charge in [0.15, 0.2) is 0 Å². The van der Waals surface area contributed by atoms with Crippen LogP contribution in [0.5, 0.6) is 0 Å². The molecule has 4 heteroatoms. The Morgan fingerprint density at radius 1 is 1.27 bits per heavy atom. The summed E-state index contributed by atoms with van der Waals surface area (Å²) in [6, 6.07) is 8.69. The van der Waals surface area contributed by atoms with E-state index in [1.54, 1.807) is 0 Å². The van der Waals surface area contributed by atoms with Crippen molar-refractivity contribution in [3.05, 3.63) is 34.3 Å². The van der Waals surface area contributed by atoms with Gasteiger partial charge in [0.2, 0.25) is 5.91 Å². The fourth-order valence-electron chi connectivity index (χ4n) is 3.77. The summed E-state index contributed by atoms with van der Waals surface area (Å²) in [5.74, 6) is 1.08. The van der Waals surface area contributed by atoms with E-state index in [0.29, 0.717) is 5.91 Å². The number of rotatable bonds is 4. The van der Waals surface area contributed by atoms with Crippen molar-refractivity contribution in [2.24, 2.45) is 5.92 Å². The van der Waals surface area contributed by atoms with Gasteiger partial charge in [0.05, 0.1) is 6.04 Å². The summed E-state index contributed by atoms with van der Waals surface area (Å²) in [6.45, 7) is 3.15. The summed E-state index contributed by atoms with van der Waals surface area (Å²) in [5.41, 5.74) is 1.27. The number of likely N-dealkylation sites (tertiary alicyclic amines) is 1. The maximum absolute atomic E-state index is 12.7. The molecule has 0 bridgehead atoms. The quantitative estimate of drug-likeness (QED) is 0.878. The second-order valence-electron chi connectivity index (χ2n) is 6.53. The number of halogens is 1. The molecule has 2 aliphatic heterocycles. The zero-order chi connectivity index (χ0) is 15.4. The molecule has 120 valence electrons. The summed E-state index contributed by atoms with van der Waals surface area (Å²) in [7, 11) is 0. The van der Waals surface area contributed by atoms with Gasteiger partial charge in [0.1, 0.15) is 0 Å². The van der Waals surface area contributed by atoms with Crippen molar-refractivity contribution in [2.75, 3.05) is 19.6 Å². The average molecular weight is 365 g/mol. The monoisotopic (exact) mass is 364 g/mol. The van der Waals surface area contributed by atoms with Gasteiger partial charge in [-0.3, -0.25) is 4.79 Å². The zero-order valence-corrected chi connectivity index (χ0v) is 14.6. The number of hydrogen-bond acceptors (Lipinski definition) is 2. The van der Waals surface area contributed by atoms with Crippen molar-refractivity contribution in [3.8, 4) is 0 Å². The third kappa shape index (κ3) is 3.90. The summed E-state index contributed by atoms with van der Waals surface area (Å²) in [6.07, 6.45) is 6.44. The normalized spacial score (nSPS) is 23.0. The minimum Gasteiger partial charge on any atom is -0.336 e. The van der Waals surface area contributed by atoms with Crippen LogP contribution in [0.3, 0.4) is 0 Å². The molecule has 1 N–H and O–H groups in total. The van der Waals surface area contributed by atoms with E-state index in [0.717, 1.165) is 55.7 Å². The summed E-state index contributed by atoms with van der Waals surface area (Å²) in [4.78, 5) is 14.8. The molecule has 0 aromatic heterocycles. The Morgan fingerprint density at radius 3 is 2.86 bits per heavy atom. The van der Waals surface area contributed by atoms with E-state index < -0.39 is 0 Å². The van der Waals surface area contributed by atoms with E-state index in [2.05, 4.69) is 44.3 Å². The SMILES string of the molecule is O=C(CCC1CCNCC1)N1CCCC1c1cccc(Br)c1. The van der Waals surface area contributed by atoms with Crippen molar-refractivity contribution >= 4 is 21.8 Å². The van der Waals surface area contributed by atoms with Gasteiger partial charge in [-0.1, -0.05) is 28.1 Å². The predicted octanol–water partition coefficient (Wildman–Crippen LogP) is 3.89. The van der Waals surface area contributed by atoms with Crippen LogP contribution in [0.1, 0.15) is 50.1 Å². The standard InChI is InChI=1S/C18H25BrN2O/c19-16-4-1-3-15(13-16)17-5-2-12-21(17)18(22)7-6-14-8-10-20-11-9-14/h1,3-4,13-14,17,20H,2,5-12H2. The summed E-state index contributed by atoms with van der Waals surface area (Å²) >= 11 is 3.54. The van der Waals surface area contributed by atoms with Crippen molar-refractivity contribution in [1.29, 1.82) is 0 Å². The number of carbonyl (C=O) groups is 1. The number of amides is 1. The molecule has 1 amide bonds. The number of carbonyl (C=O) groups excluding carboxylic acids is 1. The predicted molar refractivity (Wildman–Crippen MR) is 92.7 cm³/mol. The molecule has 2 aliphatic rings. The molecule has 2 saturated heterocycles. The Kier molecular flexibility index (Phi) is 5.53. The van der Waals surface area contributed by atoms with Crippen LogP contribution in [-0.4, -0.2) is 30.4 Å². The summed E-state index contributed by atoms with van der Waals surface area (Å²) in [5, 5.41) is 3.39. The van der Waals surface area contributed by atoms with Crippen molar-refractivity contribution in [3.63, 3.8) is 0 Å². The van der Waals surface area contributed by atoms with Crippen LogP contribution in [0.15, 0.2) is 28.7 Å². The first-order valence-electron chi connectivity index (χ1n) is 8.49. The molecule has 3 rings (SSSR count). The first-order chi connectivity index (χ1) is 10.7. The van der Waals surface area contributed by atoms with Crippen molar-refractivity contribution in [2.45, 2.75) is 44.6 Å². The zero-order valence-electron chi connectivity index (χ0n) is 13.1. The van der Waals surface area contributed by atoms with E-state index in [1.807, 2.05) is 6.07 Å². The smallest absolute Gasteiger partial charge is 0.223 e. The van der Waals surface area contributed by atoms with Crippen molar-refractivity contribution < 1.29 is 4.79 Å². The van der Waals surface area contributed by atoms with E-state index in [-0.39, 0.29) is 6.04 Å². The molecule has 1 atom stereocenters. The third-order valence-electron chi connectivity index (χ3n) is 5.03. The molecule has 1 aromatic rings. The van der Waals surface area contributed by atoms with Crippen LogP contribution in [0.25, 0.3) is 0 Å². The fraction of sp³-hybridized carbons (Fsp3) is 0.611. The number of nitrogens with one attached hydrogen (secondary N) is 1. The van der Waals surface area contributed by atoms with Crippen molar-refractivity contribution in [1.82, 2.24) is 10.2 Å². The van der Waals surface area contributed by atoms with Gasteiger partial charge in [-0.05, 0) is 68.8 Å². The van der Waals surface area contributed by atoms with Gasteiger partial charge in [-0.2, -0.15) is 0 Å². The molecular weight excluding hydrogens is 340 g/mol. The lowest BCUT2D eigenvalue weighted by Crippen LogP contribution is -2.32. The largest absolute Gasteiger partial charge is 0.336 e. The Bertz CT molecular complexity index is 514. The van der Waals surface area contributed by atoms with Gasteiger partial charge in [0.25, 0.3) is 0 Å². The highest BCUT2D eigenvalue weighted by molar-refractivity contribution is 9.10. The Labute approximate surface area is 141 Å². The number of piperidine rings is 1. The molecular formula is C18H25BrN2O. The number of nitrogens with zero attached hydrogens (tertiary/aromatic N) is 1. The van der Waals surface area contributed by atoms with Gasteiger partial charge >= 0.3 is 0 Å². The maximum atomic E-state index is 12.7. The van der Waals surface area contributed by atoms with E-state index in [9.17, 15) is 4.79 Å². The fourth-order valence-corrected chi connectivity index (χ4v) is 4.18. The lowest BCUT2D eigenvalue weighted by atomic mass is 9.93. The van der Waals surface area contributed by atoms with Crippen LogP contribution in [0, 0.1) is 5.92 Å². The Morgan fingerprint density at radius 2 is 2.09 bits per heavy atom. The molecule has 3 nitrogen and oxygen atoms in total. The highest BCUT2D eigenvalue weighted by atomic mass is 79.9. The average Bonchev–Trinajstić information content (AvgIpc) is 3.03. The minimum absolute atomic E-state index is 0.276. The molecule has 0 saturated carbocycles. The number of benzene rings is 1. The highest BCUT2D eigenvalue weighted by Gasteiger charge is 2.30. The third-order valence-corrected chi connectivity index (χ3v) is 5.53. The number of hydrogen-bond donors (Lipinski definition) is 1. The highest BCUT2D eigenvalue weighted by Crippen LogP contribution is 2.34. The van der Waals surface area contributed by atoms with Crippen LogP contribution >= 0.6 is 15.9 Å². The topological polar surface area (TPSA) is 32.3 Å². The molecule has 0 spiro atoms. The molecule has 0 radical (unpaired) electrons. The van der Waals surface area contributed by atoms with Gasteiger partial charge in [-0.15, -0.1) is 0 Å². The first kappa shape index (κ1) is 16.0. The van der Waals surface area contributed by atoms with E-state index >= 15 is 0 Å². The first-order valence-corrected chi connectivity index (χ1v) is 9.29. The molecule has 1 aromatic carbocycles. The van der Waals surface area contributed by atoms with Gasteiger partial charge < -0.3 is 10.2 Å². The van der Waals surface area contributed by atoms with Crippen LogP contribution in [0.2, 0.25) is 0 Å². The molecule has 0 aliphatic carbocycles. The lowest BCUT2D eigenvalue weighted by Gasteiger charge is -2.27. The van der Waals surface area contributed by atoms with Crippen LogP contribution < -0.4 is 5.32 Å². The van der Waals surface area contributed by atoms with Gasteiger partial charge in [-0.25, -0.2) is 0 Å². The van der Waals surface area contributed by atoms with Gasteiger partial charge in [0, 0.05) is 17.4 Å². The Balaban J connectivity index is 1.58. The molecule has 1 unspecified atom stereocenters. The van der Waals surface area contributed by atoms with E-state index in [4.69, 9.17) is 0 Å². The minimum atomic E-state index is 0.276. The summed E-state index contributed by atoms with van der Waals surface area (Å²) < 4.78 is 1.10. The lowest BCUT2D eigenvalue weighted by molar-refractivity contribution is -0.132. The molecule has 2 heterocycles. The maximum Gasteiger partial charge on any atom is 0.223 e. The second kappa shape index (κ2) is 7.60. The van der Waals surface area contributed by atoms with Crippen LogP contribution in [-0.2, 0) is 4.79 Å². The van der Waals surface area contributed by atoms with E-state index in [1.165, 1.54) is 18.4 Å². The molecule has 2 fully saturated rings. The second-order valence-corrected chi connectivity index (χ2v) is 7.45. The molecule has 22 heavy (non-hydrogen) atoms. The van der Waals surface area contributed by atoms with Crippen LogP contribution in [0.4, 0.5) is 0 Å².